The van der Waals surface area contributed by atoms with E-state index in [1.165, 1.54) is 36.4 Å². The molecule has 0 atom stereocenters. The van der Waals surface area contributed by atoms with Crippen molar-refractivity contribution in [3.8, 4) is 0 Å². The van der Waals surface area contributed by atoms with Gasteiger partial charge in [0.05, 0.1) is 9.79 Å². The van der Waals surface area contributed by atoms with Crippen molar-refractivity contribution in [3.63, 3.8) is 0 Å². The highest BCUT2D eigenvalue weighted by Gasteiger charge is 2.23. The Morgan fingerprint density at radius 3 is 2.31 bits per heavy atom. The fourth-order valence-electron chi connectivity index (χ4n) is 3.93. The van der Waals surface area contributed by atoms with Crippen molar-refractivity contribution in [3.05, 3.63) is 95.2 Å². The van der Waals surface area contributed by atoms with Gasteiger partial charge in [0, 0.05) is 23.0 Å². The van der Waals surface area contributed by atoms with Crippen LogP contribution in [0.5, 0.6) is 0 Å². The maximum Gasteiger partial charge on any atom is 0.323 e. The van der Waals surface area contributed by atoms with E-state index >= 15 is 0 Å². The molecular formula is C24H19F2NO4S. The van der Waals surface area contributed by atoms with E-state index in [9.17, 15) is 27.1 Å². The largest absolute Gasteiger partial charge is 0.480 e. The Hall–Kier alpha value is -3.52. The summed E-state index contributed by atoms with van der Waals surface area (Å²) in [6, 6.07) is 15.1. The molecule has 3 aromatic carbocycles. The van der Waals surface area contributed by atoms with E-state index in [4.69, 9.17) is 0 Å². The first-order chi connectivity index (χ1) is 15.2. The van der Waals surface area contributed by atoms with Crippen LogP contribution in [0.4, 0.5) is 8.78 Å². The van der Waals surface area contributed by atoms with E-state index in [0.717, 1.165) is 12.1 Å². The zero-order chi connectivity index (χ0) is 23.0. The molecule has 164 valence electrons. The Bertz CT molecular complexity index is 1440. The number of benzene rings is 3. The second kappa shape index (κ2) is 8.20. The summed E-state index contributed by atoms with van der Waals surface area (Å²) in [5.41, 5.74) is 2.28. The minimum absolute atomic E-state index is 0.0394. The molecule has 1 aromatic heterocycles. The van der Waals surface area contributed by atoms with Gasteiger partial charge in [0.2, 0.25) is 9.84 Å². The minimum atomic E-state index is -3.93. The monoisotopic (exact) mass is 455 g/mol. The van der Waals surface area contributed by atoms with Gasteiger partial charge in [-0.1, -0.05) is 18.2 Å². The molecule has 0 saturated heterocycles. The number of carbonyl (C=O) groups is 1. The standard InChI is InChI=1S/C24H19F2NO4S/c1-15-20(21-13-18(26)8-11-22(21)27(15)14-24(28)29)12-16-4-2-3-5-23(16)32(30,31)19-9-6-17(25)7-10-19/h2-11,13H,12,14H2,1H3,(H,28,29). The lowest BCUT2D eigenvalue weighted by Crippen LogP contribution is -2.10. The lowest BCUT2D eigenvalue weighted by molar-refractivity contribution is -0.137. The van der Waals surface area contributed by atoms with Crippen molar-refractivity contribution in [2.24, 2.45) is 0 Å². The number of carboxylic acid groups (broad SMARTS) is 1. The van der Waals surface area contributed by atoms with Crippen LogP contribution in [-0.2, 0) is 27.6 Å². The summed E-state index contributed by atoms with van der Waals surface area (Å²) < 4.78 is 55.4. The van der Waals surface area contributed by atoms with Gasteiger partial charge >= 0.3 is 5.97 Å². The summed E-state index contributed by atoms with van der Waals surface area (Å²) in [6.07, 6.45) is 0.148. The van der Waals surface area contributed by atoms with Crippen LogP contribution in [0.2, 0.25) is 0 Å². The van der Waals surface area contributed by atoms with Gasteiger partial charge in [-0.3, -0.25) is 4.79 Å². The van der Waals surface area contributed by atoms with E-state index < -0.39 is 27.4 Å². The quantitative estimate of drug-likeness (QED) is 0.426. The number of halogens is 2. The molecule has 1 heterocycles. The molecule has 0 spiro atoms. The molecule has 0 aliphatic carbocycles. The fourth-order valence-corrected chi connectivity index (χ4v) is 5.42. The summed E-state index contributed by atoms with van der Waals surface area (Å²) >= 11 is 0. The van der Waals surface area contributed by atoms with Crippen LogP contribution in [-0.4, -0.2) is 24.1 Å². The van der Waals surface area contributed by atoms with E-state index in [2.05, 4.69) is 0 Å². The second-order valence-electron chi connectivity index (χ2n) is 7.45. The van der Waals surface area contributed by atoms with Gasteiger partial charge in [-0.05, 0) is 66.6 Å². The van der Waals surface area contributed by atoms with Crippen LogP contribution in [0.15, 0.2) is 76.5 Å². The van der Waals surface area contributed by atoms with Gasteiger partial charge in [-0.15, -0.1) is 0 Å². The number of aromatic nitrogens is 1. The second-order valence-corrected chi connectivity index (χ2v) is 9.37. The highest BCUT2D eigenvalue weighted by molar-refractivity contribution is 7.91. The first-order valence-corrected chi connectivity index (χ1v) is 11.2. The zero-order valence-corrected chi connectivity index (χ0v) is 17.9. The molecule has 4 aromatic rings. The smallest absolute Gasteiger partial charge is 0.323 e. The first kappa shape index (κ1) is 21.7. The molecule has 0 unspecified atom stereocenters. The van der Waals surface area contributed by atoms with Gasteiger partial charge in [0.1, 0.15) is 18.2 Å². The number of carboxylic acids is 1. The van der Waals surface area contributed by atoms with Crippen LogP contribution in [0.3, 0.4) is 0 Å². The molecule has 5 nitrogen and oxygen atoms in total. The average molecular weight is 455 g/mol. The van der Waals surface area contributed by atoms with Gasteiger partial charge in [-0.2, -0.15) is 0 Å². The SMILES string of the molecule is Cc1c(Cc2ccccc2S(=O)(=O)c2ccc(F)cc2)c2cc(F)ccc2n1CC(=O)O. The van der Waals surface area contributed by atoms with Gasteiger partial charge < -0.3 is 9.67 Å². The van der Waals surface area contributed by atoms with Crippen molar-refractivity contribution in [2.75, 3.05) is 0 Å². The molecule has 32 heavy (non-hydrogen) atoms. The Balaban J connectivity index is 1.86. The average Bonchev–Trinajstić information content (AvgIpc) is 2.99. The third-order valence-electron chi connectivity index (χ3n) is 5.46. The topological polar surface area (TPSA) is 76.4 Å². The normalized spacial score (nSPS) is 11.7. The summed E-state index contributed by atoms with van der Waals surface area (Å²) in [7, 11) is -3.93. The number of sulfone groups is 1. The Labute approximate surface area is 183 Å². The molecule has 4 rings (SSSR count). The Morgan fingerprint density at radius 2 is 1.62 bits per heavy atom. The molecule has 1 N–H and O–H groups in total. The molecule has 0 fully saturated rings. The number of aliphatic carboxylic acids is 1. The predicted molar refractivity (Wildman–Crippen MR) is 115 cm³/mol. The van der Waals surface area contributed by atoms with Crippen molar-refractivity contribution in [1.82, 2.24) is 4.57 Å². The van der Waals surface area contributed by atoms with Crippen LogP contribution in [0.1, 0.15) is 16.8 Å². The lowest BCUT2D eigenvalue weighted by Gasteiger charge is -2.12. The Kier molecular flexibility index (Phi) is 5.56. The molecule has 8 heteroatoms. The summed E-state index contributed by atoms with van der Waals surface area (Å²) in [5.74, 6) is -2.06. The summed E-state index contributed by atoms with van der Waals surface area (Å²) in [6.45, 7) is 1.43. The van der Waals surface area contributed by atoms with Gasteiger partial charge in [0.25, 0.3) is 0 Å². The number of rotatable bonds is 6. The van der Waals surface area contributed by atoms with E-state index in [0.29, 0.717) is 27.7 Å². The number of fused-ring (bicyclic) bond motifs is 1. The van der Waals surface area contributed by atoms with E-state index in [-0.39, 0.29) is 22.8 Å². The van der Waals surface area contributed by atoms with Crippen molar-refractivity contribution >= 4 is 26.7 Å². The Morgan fingerprint density at radius 1 is 0.969 bits per heavy atom. The number of nitrogens with zero attached hydrogens (tertiary/aromatic N) is 1. The van der Waals surface area contributed by atoms with E-state index in [1.54, 1.807) is 29.7 Å². The molecule has 0 radical (unpaired) electrons. The summed E-state index contributed by atoms with van der Waals surface area (Å²) in [4.78, 5) is 11.4. The van der Waals surface area contributed by atoms with Crippen LogP contribution < -0.4 is 0 Å². The van der Waals surface area contributed by atoms with Crippen molar-refractivity contribution < 1.29 is 27.1 Å². The summed E-state index contributed by atoms with van der Waals surface area (Å²) in [5, 5.41) is 9.83. The maximum atomic E-state index is 14.0. The predicted octanol–water partition coefficient (Wildman–Crippen LogP) is 4.74. The highest BCUT2D eigenvalue weighted by Crippen LogP contribution is 2.32. The van der Waals surface area contributed by atoms with Crippen molar-refractivity contribution in [2.45, 2.75) is 29.7 Å². The molecule has 0 aliphatic rings. The molecule has 0 amide bonds. The molecule has 0 bridgehead atoms. The third kappa shape index (κ3) is 3.89. The van der Waals surface area contributed by atoms with E-state index in [1.807, 2.05) is 0 Å². The molecule has 0 saturated carbocycles. The van der Waals surface area contributed by atoms with Crippen LogP contribution >= 0.6 is 0 Å². The number of hydrogen-bond donors (Lipinski definition) is 1. The molecular weight excluding hydrogens is 436 g/mol. The van der Waals surface area contributed by atoms with Crippen molar-refractivity contribution in [1.29, 1.82) is 0 Å². The van der Waals surface area contributed by atoms with Crippen LogP contribution in [0, 0.1) is 18.6 Å². The maximum absolute atomic E-state index is 14.0. The third-order valence-corrected chi connectivity index (χ3v) is 7.33. The minimum Gasteiger partial charge on any atom is -0.480 e. The first-order valence-electron chi connectivity index (χ1n) is 9.76. The van der Waals surface area contributed by atoms with Crippen LogP contribution in [0.25, 0.3) is 10.9 Å². The highest BCUT2D eigenvalue weighted by atomic mass is 32.2. The zero-order valence-electron chi connectivity index (χ0n) is 17.0. The van der Waals surface area contributed by atoms with Gasteiger partial charge in [-0.25, -0.2) is 17.2 Å². The van der Waals surface area contributed by atoms with Gasteiger partial charge in [0.15, 0.2) is 0 Å². The fraction of sp³-hybridized carbons (Fsp3) is 0.125. The molecule has 0 aliphatic heterocycles. The number of hydrogen-bond acceptors (Lipinski definition) is 3. The lowest BCUT2D eigenvalue weighted by atomic mass is 10.0.